The third kappa shape index (κ3) is 5.97. The molecule has 4 nitrogen and oxygen atoms in total. The molecule has 0 fully saturated rings. The molecule has 144 valence electrons. The minimum Gasteiger partial charge on any atom is -0.481 e. The first-order valence-electron chi connectivity index (χ1n) is 8.12. The second-order valence-electron chi connectivity index (χ2n) is 5.61. The van der Waals surface area contributed by atoms with Crippen LogP contribution in [0.1, 0.15) is 23.6 Å². The number of thiocarbonyl (C=S) groups is 1. The smallest absolute Gasteiger partial charge is 0.344 e. The topological polar surface area (TPSA) is 47.6 Å². The number of aryl methyl sites for hydroxylation is 1. The molecular formula is C19H18BrF2NO3S. The molecule has 0 aromatic heterocycles. The van der Waals surface area contributed by atoms with Gasteiger partial charge in [-0.1, -0.05) is 34.2 Å². The number of ether oxygens (including phenoxy) is 2. The Bertz CT molecular complexity index is 861. The van der Waals surface area contributed by atoms with Crippen LogP contribution in [-0.4, -0.2) is 24.2 Å². The van der Waals surface area contributed by atoms with Crippen LogP contribution in [0.25, 0.3) is 0 Å². The molecule has 8 heteroatoms. The van der Waals surface area contributed by atoms with Crippen molar-refractivity contribution in [3.05, 3.63) is 63.1 Å². The Hall–Kier alpha value is -2.06. The number of hydrogen-bond donors (Lipinski definition) is 1. The van der Waals surface area contributed by atoms with Crippen LogP contribution in [0.2, 0.25) is 0 Å². The molecule has 0 aliphatic carbocycles. The molecule has 2 aromatic rings. The highest BCUT2D eigenvalue weighted by molar-refractivity contribution is 9.10. The largest absolute Gasteiger partial charge is 0.481 e. The maximum atomic E-state index is 13.9. The lowest BCUT2D eigenvalue weighted by Gasteiger charge is -2.15. The first-order chi connectivity index (χ1) is 12.8. The van der Waals surface area contributed by atoms with Crippen LogP contribution in [0.15, 0.2) is 34.8 Å². The van der Waals surface area contributed by atoms with Gasteiger partial charge in [0.15, 0.2) is 6.61 Å². The minimum absolute atomic E-state index is 0.111. The summed E-state index contributed by atoms with van der Waals surface area (Å²) in [7, 11) is 0. The molecule has 0 amide bonds. The van der Waals surface area contributed by atoms with E-state index in [0.29, 0.717) is 21.2 Å². The molecule has 0 aliphatic rings. The summed E-state index contributed by atoms with van der Waals surface area (Å²) in [4.78, 5) is 11.7. The number of nitrogens with one attached hydrogen (secondary N) is 1. The van der Waals surface area contributed by atoms with E-state index >= 15 is 0 Å². The van der Waals surface area contributed by atoms with Crippen molar-refractivity contribution in [2.24, 2.45) is 0 Å². The van der Waals surface area contributed by atoms with E-state index in [-0.39, 0.29) is 36.3 Å². The normalized spacial score (nSPS) is 10.4. The molecule has 0 atom stereocenters. The van der Waals surface area contributed by atoms with E-state index in [1.807, 2.05) is 0 Å². The molecule has 0 aliphatic heterocycles. The van der Waals surface area contributed by atoms with E-state index in [1.54, 1.807) is 26.0 Å². The first kappa shape index (κ1) is 21.2. The Morgan fingerprint density at radius 2 is 1.96 bits per heavy atom. The standard InChI is InChI=1S/C19H18BrF2NO3S/c1-3-25-18(24)10-26-17-8-15(21)11(2)6-14(17)19(27)23-9-12-4-5-13(20)7-16(12)22/h4-8H,3,9-10H2,1-2H3,(H,23,27). The summed E-state index contributed by atoms with van der Waals surface area (Å²) in [5.74, 6) is -1.33. The number of esters is 1. The third-order valence-corrected chi connectivity index (χ3v) is 4.47. The van der Waals surface area contributed by atoms with Crippen molar-refractivity contribution in [1.29, 1.82) is 0 Å². The summed E-state index contributed by atoms with van der Waals surface area (Å²) in [6.07, 6.45) is 0. The zero-order valence-electron chi connectivity index (χ0n) is 14.8. The van der Waals surface area contributed by atoms with Gasteiger partial charge < -0.3 is 14.8 Å². The SMILES string of the molecule is CCOC(=O)COc1cc(F)c(C)cc1C(=S)NCc1ccc(Br)cc1F. The monoisotopic (exact) mass is 457 g/mol. The van der Waals surface area contributed by atoms with E-state index in [9.17, 15) is 13.6 Å². The maximum absolute atomic E-state index is 13.9. The Morgan fingerprint density at radius 1 is 1.22 bits per heavy atom. The van der Waals surface area contributed by atoms with Crippen molar-refractivity contribution in [1.82, 2.24) is 5.32 Å². The van der Waals surface area contributed by atoms with Crippen LogP contribution in [0, 0.1) is 18.6 Å². The quantitative estimate of drug-likeness (QED) is 0.491. The van der Waals surface area contributed by atoms with E-state index in [2.05, 4.69) is 21.2 Å². The van der Waals surface area contributed by atoms with Crippen LogP contribution in [0.4, 0.5) is 8.78 Å². The first-order valence-corrected chi connectivity index (χ1v) is 9.32. The van der Waals surface area contributed by atoms with Crippen LogP contribution in [0.5, 0.6) is 5.75 Å². The van der Waals surface area contributed by atoms with Crippen LogP contribution >= 0.6 is 28.1 Å². The van der Waals surface area contributed by atoms with Crippen molar-refractivity contribution < 1.29 is 23.0 Å². The molecule has 0 unspecified atom stereocenters. The number of carbonyl (C=O) groups is 1. The van der Waals surface area contributed by atoms with Gasteiger partial charge in [0.2, 0.25) is 0 Å². The summed E-state index contributed by atoms with van der Waals surface area (Å²) in [5.41, 5.74) is 1.20. The van der Waals surface area contributed by atoms with Gasteiger partial charge in [-0.15, -0.1) is 0 Å². The van der Waals surface area contributed by atoms with Gasteiger partial charge in [-0.3, -0.25) is 0 Å². The summed E-state index contributed by atoms with van der Waals surface area (Å²) < 4.78 is 38.7. The van der Waals surface area contributed by atoms with Crippen LogP contribution < -0.4 is 10.1 Å². The van der Waals surface area contributed by atoms with Crippen molar-refractivity contribution in [3.8, 4) is 5.75 Å². The third-order valence-electron chi connectivity index (χ3n) is 3.61. The molecule has 1 N–H and O–H groups in total. The fraction of sp³-hybridized carbons (Fsp3) is 0.263. The Labute approximate surface area is 170 Å². The highest BCUT2D eigenvalue weighted by Gasteiger charge is 2.15. The van der Waals surface area contributed by atoms with Gasteiger partial charge in [0.25, 0.3) is 0 Å². The Morgan fingerprint density at radius 3 is 2.63 bits per heavy atom. The van der Waals surface area contributed by atoms with Gasteiger partial charge >= 0.3 is 5.97 Å². The number of benzene rings is 2. The molecule has 2 aromatic carbocycles. The molecule has 2 rings (SSSR count). The van der Waals surface area contributed by atoms with Gasteiger partial charge in [0, 0.05) is 22.6 Å². The predicted octanol–water partition coefficient (Wildman–Crippen LogP) is 4.44. The molecular weight excluding hydrogens is 440 g/mol. The molecule has 0 saturated heterocycles. The van der Waals surface area contributed by atoms with Gasteiger partial charge in [0.1, 0.15) is 22.4 Å². The fourth-order valence-electron chi connectivity index (χ4n) is 2.24. The van der Waals surface area contributed by atoms with E-state index in [0.717, 1.165) is 6.07 Å². The summed E-state index contributed by atoms with van der Waals surface area (Å²) in [6, 6.07) is 7.39. The number of carbonyl (C=O) groups excluding carboxylic acids is 1. The van der Waals surface area contributed by atoms with Gasteiger partial charge in [-0.2, -0.15) is 0 Å². The molecule has 0 bridgehead atoms. The average molecular weight is 458 g/mol. The lowest BCUT2D eigenvalue weighted by atomic mass is 10.1. The fourth-order valence-corrected chi connectivity index (χ4v) is 2.80. The van der Waals surface area contributed by atoms with Gasteiger partial charge in [0.05, 0.1) is 12.2 Å². The Kier molecular flexibility index (Phi) is 7.67. The van der Waals surface area contributed by atoms with Crippen molar-refractivity contribution >= 4 is 39.1 Å². The second kappa shape index (κ2) is 9.75. The zero-order chi connectivity index (χ0) is 20.0. The van der Waals surface area contributed by atoms with E-state index in [4.69, 9.17) is 21.7 Å². The number of hydrogen-bond acceptors (Lipinski definition) is 4. The highest BCUT2D eigenvalue weighted by atomic mass is 79.9. The van der Waals surface area contributed by atoms with Crippen molar-refractivity contribution in [2.45, 2.75) is 20.4 Å². The summed E-state index contributed by atoms with van der Waals surface area (Å²) in [6.45, 7) is 3.26. The molecule has 0 heterocycles. The second-order valence-corrected chi connectivity index (χ2v) is 6.93. The van der Waals surface area contributed by atoms with Gasteiger partial charge in [-0.05, 0) is 37.6 Å². The lowest BCUT2D eigenvalue weighted by Crippen LogP contribution is -2.24. The number of rotatable bonds is 7. The minimum atomic E-state index is -0.569. The Balaban J connectivity index is 2.15. The molecule has 0 spiro atoms. The summed E-state index contributed by atoms with van der Waals surface area (Å²) in [5, 5.41) is 2.93. The highest BCUT2D eigenvalue weighted by Crippen LogP contribution is 2.24. The van der Waals surface area contributed by atoms with Crippen LogP contribution in [-0.2, 0) is 16.1 Å². The zero-order valence-corrected chi connectivity index (χ0v) is 17.2. The van der Waals surface area contributed by atoms with Crippen molar-refractivity contribution in [2.75, 3.05) is 13.2 Å². The molecule has 0 radical (unpaired) electrons. The maximum Gasteiger partial charge on any atom is 0.344 e. The molecule has 0 saturated carbocycles. The lowest BCUT2D eigenvalue weighted by molar-refractivity contribution is -0.145. The number of halogens is 3. The van der Waals surface area contributed by atoms with Crippen molar-refractivity contribution in [3.63, 3.8) is 0 Å². The molecule has 27 heavy (non-hydrogen) atoms. The predicted molar refractivity (Wildman–Crippen MR) is 106 cm³/mol. The van der Waals surface area contributed by atoms with E-state index < -0.39 is 11.8 Å². The summed E-state index contributed by atoms with van der Waals surface area (Å²) >= 11 is 8.55. The van der Waals surface area contributed by atoms with Crippen LogP contribution in [0.3, 0.4) is 0 Å². The van der Waals surface area contributed by atoms with Gasteiger partial charge in [-0.25, -0.2) is 13.6 Å². The average Bonchev–Trinajstić information content (AvgIpc) is 2.61. The van der Waals surface area contributed by atoms with E-state index in [1.165, 1.54) is 12.1 Å².